The topological polar surface area (TPSA) is 37.4 Å². The largest absolute Gasteiger partial charge is 0.304 e. The number of unbranched alkanes of at least 4 members (excludes halogenated alkanes) is 2. The summed E-state index contributed by atoms with van der Waals surface area (Å²) >= 11 is 3.40. The number of carbonyl (C=O) groups excluding carboxylic acids is 2. The fraction of sp³-hybridized carbons (Fsp3) is 0.467. The molecule has 1 aliphatic rings. The van der Waals surface area contributed by atoms with E-state index >= 15 is 0 Å². The number of nitrogens with zero attached hydrogens (tertiary/aromatic N) is 1. The molecule has 19 heavy (non-hydrogen) atoms. The predicted molar refractivity (Wildman–Crippen MR) is 80.2 cm³/mol. The molecule has 0 N–H and O–H groups in total. The van der Waals surface area contributed by atoms with Crippen LogP contribution in [0.15, 0.2) is 12.1 Å². The molecule has 0 radical (unpaired) electrons. The molecule has 0 aromatic heterocycles. The number of amides is 1. The molecule has 1 amide bonds. The van der Waals surface area contributed by atoms with Crippen LogP contribution in [0.25, 0.3) is 0 Å². The summed E-state index contributed by atoms with van der Waals surface area (Å²) in [6.07, 6.45) is 3.08. The first-order valence-electron chi connectivity index (χ1n) is 6.60. The Morgan fingerprint density at radius 3 is 2.53 bits per heavy atom. The van der Waals surface area contributed by atoms with Gasteiger partial charge >= 0.3 is 0 Å². The Balaban J connectivity index is 2.25. The first-order valence-corrected chi connectivity index (χ1v) is 7.72. The van der Waals surface area contributed by atoms with Crippen molar-refractivity contribution in [2.24, 2.45) is 0 Å². The van der Waals surface area contributed by atoms with Gasteiger partial charge in [-0.15, -0.1) is 0 Å². The van der Waals surface area contributed by atoms with Gasteiger partial charge in [-0.05, 0) is 43.9 Å². The van der Waals surface area contributed by atoms with Crippen LogP contribution in [0.4, 0.5) is 5.69 Å². The first kappa shape index (κ1) is 14.3. The molecule has 1 aromatic rings. The lowest BCUT2D eigenvalue weighted by molar-refractivity contribution is -0.114. The Morgan fingerprint density at radius 1 is 1.11 bits per heavy atom. The maximum absolute atomic E-state index is 12.1. The van der Waals surface area contributed by atoms with Crippen molar-refractivity contribution in [1.29, 1.82) is 0 Å². The van der Waals surface area contributed by atoms with E-state index in [1.807, 2.05) is 19.9 Å². The van der Waals surface area contributed by atoms with Gasteiger partial charge in [0.1, 0.15) is 0 Å². The summed E-state index contributed by atoms with van der Waals surface area (Å²) < 4.78 is 0. The zero-order chi connectivity index (χ0) is 14.0. The number of anilines is 1. The SMILES string of the molecule is Cc1ccc2c(c1C)N(CCCCCBr)C(=O)C2=O. The van der Waals surface area contributed by atoms with Gasteiger partial charge in [0, 0.05) is 11.9 Å². The van der Waals surface area contributed by atoms with Crippen molar-refractivity contribution in [1.82, 2.24) is 0 Å². The van der Waals surface area contributed by atoms with Gasteiger partial charge in [0.25, 0.3) is 11.7 Å². The zero-order valence-electron chi connectivity index (χ0n) is 11.3. The number of ketones is 1. The van der Waals surface area contributed by atoms with Crippen LogP contribution < -0.4 is 4.90 Å². The summed E-state index contributed by atoms with van der Waals surface area (Å²) in [4.78, 5) is 25.7. The molecule has 0 fully saturated rings. The summed E-state index contributed by atoms with van der Waals surface area (Å²) in [5, 5.41) is 0.981. The fourth-order valence-corrected chi connectivity index (χ4v) is 2.82. The second kappa shape index (κ2) is 5.87. The van der Waals surface area contributed by atoms with Crippen molar-refractivity contribution in [3.63, 3.8) is 0 Å². The number of aryl methyl sites for hydroxylation is 1. The van der Waals surface area contributed by atoms with Crippen molar-refractivity contribution >= 4 is 33.3 Å². The second-order valence-electron chi connectivity index (χ2n) is 4.94. The first-order chi connectivity index (χ1) is 9.07. The van der Waals surface area contributed by atoms with Crippen molar-refractivity contribution < 1.29 is 9.59 Å². The number of benzene rings is 1. The number of hydrogen-bond acceptors (Lipinski definition) is 2. The van der Waals surface area contributed by atoms with Crippen LogP contribution in [0.2, 0.25) is 0 Å². The zero-order valence-corrected chi connectivity index (χ0v) is 12.9. The van der Waals surface area contributed by atoms with Gasteiger partial charge in [0.05, 0.1) is 11.3 Å². The van der Waals surface area contributed by atoms with Crippen molar-refractivity contribution in [3.05, 3.63) is 28.8 Å². The number of halogens is 1. The van der Waals surface area contributed by atoms with E-state index in [2.05, 4.69) is 15.9 Å². The number of carbonyl (C=O) groups is 2. The number of fused-ring (bicyclic) bond motifs is 1. The Labute approximate surface area is 122 Å². The minimum Gasteiger partial charge on any atom is -0.304 e. The molecule has 1 aliphatic heterocycles. The molecule has 1 aromatic carbocycles. The minimum absolute atomic E-state index is 0.362. The van der Waals surface area contributed by atoms with Crippen LogP contribution in [-0.4, -0.2) is 23.6 Å². The quantitative estimate of drug-likeness (QED) is 0.473. The monoisotopic (exact) mass is 323 g/mol. The molecule has 2 rings (SSSR count). The van der Waals surface area contributed by atoms with Gasteiger partial charge in [-0.25, -0.2) is 0 Å². The smallest absolute Gasteiger partial charge is 0.299 e. The number of hydrogen-bond donors (Lipinski definition) is 0. The lowest BCUT2D eigenvalue weighted by atomic mass is 10.0. The van der Waals surface area contributed by atoms with E-state index in [0.29, 0.717) is 12.1 Å². The average Bonchev–Trinajstić information content (AvgIpc) is 2.64. The summed E-state index contributed by atoms with van der Waals surface area (Å²) in [6.45, 7) is 4.62. The maximum Gasteiger partial charge on any atom is 0.299 e. The summed E-state index contributed by atoms with van der Waals surface area (Å²) in [5.74, 6) is -0.735. The van der Waals surface area contributed by atoms with Crippen molar-refractivity contribution in [3.8, 4) is 0 Å². The van der Waals surface area contributed by atoms with E-state index in [4.69, 9.17) is 0 Å². The molecule has 3 nitrogen and oxygen atoms in total. The highest BCUT2D eigenvalue weighted by Crippen LogP contribution is 2.34. The fourth-order valence-electron chi connectivity index (χ4n) is 2.43. The molecular formula is C15H18BrNO2. The molecule has 0 spiro atoms. The molecule has 0 atom stereocenters. The minimum atomic E-state index is -0.373. The van der Waals surface area contributed by atoms with Gasteiger partial charge in [0.2, 0.25) is 0 Å². The standard InChI is InChI=1S/C15H18BrNO2/c1-10-6-7-12-13(11(10)2)17(15(19)14(12)18)9-5-3-4-8-16/h6-7H,3-5,8-9H2,1-2H3. The predicted octanol–water partition coefficient (Wildman–Crippen LogP) is 3.40. The Kier molecular flexibility index (Phi) is 4.40. The normalized spacial score (nSPS) is 14.2. The van der Waals surface area contributed by atoms with Gasteiger partial charge in [-0.1, -0.05) is 28.4 Å². The lowest BCUT2D eigenvalue weighted by Gasteiger charge is -2.19. The van der Waals surface area contributed by atoms with Crippen LogP contribution in [0.3, 0.4) is 0 Å². The van der Waals surface area contributed by atoms with E-state index in [-0.39, 0.29) is 11.7 Å². The number of Topliss-reactive ketones (excluding diaryl/α,β-unsaturated/α-hetero) is 1. The van der Waals surface area contributed by atoms with E-state index in [9.17, 15) is 9.59 Å². The highest BCUT2D eigenvalue weighted by atomic mass is 79.9. The third kappa shape index (κ3) is 2.59. The maximum atomic E-state index is 12.1. The molecule has 0 saturated carbocycles. The molecule has 0 saturated heterocycles. The molecule has 0 bridgehead atoms. The van der Waals surface area contributed by atoms with E-state index < -0.39 is 0 Å². The van der Waals surface area contributed by atoms with Crippen LogP contribution in [0.1, 0.15) is 40.7 Å². The summed E-state index contributed by atoms with van der Waals surface area (Å²) in [5.41, 5.74) is 3.55. The van der Waals surface area contributed by atoms with Crippen LogP contribution in [0.5, 0.6) is 0 Å². The highest BCUT2D eigenvalue weighted by Gasteiger charge is 2.36. The van der Waals surface area contributed by atoms with E-state index in [1.165, 1.54) is 0 Å². The third-order valence-corrected chi connectivity index (χ3v) is 4.23. The highest BCUT2D eigenvalue weighted by molar-refractivity contribution is 9.09. The van der Waals surface area contributed by atoms with Gasteiger partial charge in [0.15, 0.2) is 0 Å². The van der Waals surface area contributed by atoms with Gasteiger partial charge < -0.3 is 4.90 Å². The number of alkyl halides is 1. The Morgan fingerprint density at radius 2 is 1.84 bits per heavy atom. The molecule has 0 aliphatic carbocycles. The Hall–Kier alpha value is -1.16. The molecule has 1 heterocycles. The van der Waals surface area contributed by atoms with Crippen LogP contribution in [-0.2, 0) is 4.79 Å². The Bertz CT molecular complexity index is 525. The van der Waals surface area contributed by atoms with E-state index in [0.717, 1.165) is 41.4 Å². The third-order valence-electron chi connectivity index (χ3n) is 3.67. The lowest BCUT2D eigenvalue weighted by Crippen LogP contribution is -2.31. The van der Waals surface area contributed by atoms with Gasteiger partial charge in [-0.2, -0.15) is 0 Å². The summed E-state index contributed by atoms with van der Waals surface area (Å²) in [6, 6.07) is 3.68. The molecule has 102 valence electrons. The van der Waals surface area contributed by atoms with Gasteiger partial charge in [-0.3, -0.25) is 9.59 Å². The molecule has 0 unspecified atom stereocenters. The van der Waals surface area contributed by atoms with Crippen molar-refractivity contribution in [2.75, 3.05) is 16.8 Å². The van der Waals surface area contributed by atoms with Crippen LogP contribution >= 0.6 is 15.9 Å². The van der Waals surface area contributed by atoms with Crippen LogP contribution in [0, 0.1) is 13.8 Å². The average molecular weight is 324 g/mol. The van der Waals surface area contributed by atoms with E-state index in [1.54, 1.807) is 11.0 Å². The summed E-state index contributed by atoms with van der Waals surface area (Å²) in [7, 11) is 0. The molecule has 4 heteroatoms. The second-order valence-corrected chi connectivity index (χ2v) is 5.73. The number of rotatable bonds is 5. The van der Waals surface area contributed by atoms with Crippen molar-refractivity contribution in [2.45, 2.75) is 33.1 Å². The molecular weight excluding hydrogens is 306 g/mol.